The van der Waals surface area contributed by atoms with Crippen LogP contribution in [0, 0.1) is 0 Å². The first-order valence-corrected chi connectivity index (χ1v) is 6.84. The van der Waals surface area contributed by atoms with Crippen LogP contribution in [0.25, 0.3) is 10.9 Å². The van der Waals surface area contributed by atoms with E-state index in [0.29, 0.717) is 13.3 Å². The molecule has 5 nitrogen and oxygen atoms in total. The summed E-state index contributed by atoms with van der Waals surface area (Å²) in [4.78, 5) is 15.6. The van der Waals surface area contributed by atoms with Gasteiger partial charge in [-0.2, -0.15) is 0 Å². The summed E-state index contributed by atoms with van der Waals surface area (Å²) in [6.45, 7) is 3.00. The fraction of sp³-hybridized carbons (Fsp3) is 0.400. The number of ketones is 1. The van der Waals surface area contributed by atoms with Crippen molar-refractivity contribution in [2.45, 2.75) is 19.0 Å². The first-order chi connectivity index (χ1) is 9.70. The third kappa shape index (κ3) is 2.24. The third-order valence-electron chi connectivity index (χ3n) is 3.93. The number of hydrogen-bond acceptors (Lipinski definition) is 4. The summed E-state index contributed by atoms with van der Waals surface area (Å²) < 4.78 is 5.20. The second kappa shape index (κ2) is 5.36. The summed E-state index contributed by atoms with van der Waals surface area (Å²) in [5.41, 5.74) is 2.95. The van der Waals surface area contributed by atoms with Crippen LogP contribution < -0.4 is 10.6 Å². The molecule has 3 rings (SSSR count). The van der Waals surface area contributed by atoms with Gasteiger partial charge in [-0.15, -0.1) is 0 Å². The number of carbonyl (C=O) groups is 1. The van der Waals surface area contributed by atoms with Gasteiger partial charge in [-0.25, -0.2) is 0 Å². The van der Waals surface area contributed by atoms with Gasteiger partial charge in [-0.05, 0) is 37.7 Å². The molecule has 1 unspecified atom stereocenters. The van der Waals surface area contributed by atoms with Crippen molar-refractivity contribution in [3.8, 4) is 0 Å². The minimum absolute atomic E-state index is 0.0914. The monoisotopic (exact) mass is 273 g/mol. The van der Waals surface area contributed by atoms with Crippen LogP contribution in [-0.4, -0.2) is 37.2 Å². The van der Waals surface area contributed by atoms with Crippen LogP contribution in [-0.2, 0) is 4.74 Å². The van der Waals surface area contributed by atoms with Crippen molar-refractivity contribution in [2.75, 3.05) is 20.4 Å². The second-order valence-electron chi connectivity index (χ2n) is 5.15. The molecule has 0 spiro atoms. The van der Waals surface area contributed by atoms with Gasteiger partial charge in [0.25, 0.3) is 0 Å². The summed E-state index contributed by atoms with van der Waals surface area (Å²) in [5.74, 6) is 0.0914. The van der Waals surface area contributed by atoms with Crippen LogP contribution in [0.1, 0.15) is 28.9 Å². The highest BCUT2D eigenvalue weighted by Crippen LogP contribution is 2.25. The molecule has 0 bridgehead atoms. The SMILES string of the molecule is CNC(C)c1c[nH]c2ccc(C(=O)[C@@H]3COCN3)cc12. The summed E-state index contributed by atoms with van der Waals surface area (Å²) >= 11 is 0. The Morgan fingerprint density at radius 3 is 3.05 bits per heavy atom. The molecule has 2 heterocycles. The third-order valence-corrected chi connectivity index (χ3v) is 3.93. The normalized spacial score (nSPS) is 20.4. The molecule has 5 heteroatoms. The molecule has 0 aliphatic carbocycles. The van der Waals surface area contributed by atoms with Crippen LogP contribution in [0.5, 0.6) is 0 Å². The molecule has 20 heavy (non-hydrogen) atoms. The standard InChI is InChI=1S/C15H19N3O2/c1-9(16-2)12-6-17-13-4-3-10(5-11(12)13)15(19)14-7-20-8-18-14/h3-6,9,14,16-18H,7-8H2,1-2H3/t9?,14-/m0/s1. The molecule has 1 aliphatic rings. The van der Waals surface area contributed by atoms with Gasteiger partial charge in [0.15, 0.2) is 5.78 Å². The predicted molar refractivity (Wildman–Crippen MR) is 77.8 cm³/mol. The lowest BCUT2D eigenvalue weighted by atomic mass is 10.0. The zero-order valence-electron chi connectivity index (χ0n) is 11.7. The molecule has 1 saturated heterocycles. The Kier molecular flexibility index (Phi) is 3.56. The summed E-state index contributed by atoms with van der Waals surface area (Å²) in [5, 5.41) is 7.37. The molecule has 0 amide bonds. The Balaban J connectivity index is 1.98. The molecule has 1 aliphatic heterocycles. The molecule has 1 fully saturated rings. The number of nitrogens with one attached hydrogen (secondary N) is 3. The maximum atomic E-state index is 12.4. The Morgan fingerprint density at radius 2 is 2.35 bits per heavy atom. The fourth-order valence-electron chi connectivity index (χ4n) is 2.57. The van der Waals surface area contributed by atoms with E-state index in [1.807, 2.05) is 31.4 Å². The molecule has 2 atom stereocenters. The number of aromatic nitrogens is 1. The Bertz CT molecular complexity index is 629. The zero-order valence-corrected chi connectivity index (χ0v) is 11.7. The zero-order chi connectivity index (χ0) is 14.1. The molecule has 1 aromatic carbocycles. The molecule has 106 valence electrons. The first kappa shape index (κ1) is 13.3. The van der Waals surface area contributed by atoms with E-state index in [1.54, 1.807) is 0 Å². The van der Waals surface area contributed by atoms with Crippen molar-refractivity contribution < 1.29 is 9.53 Å². The number of hydrogen-bond donors (Lipinski definition) is 3. The van der Waals surface area contributed by atoms with Crippen molar-refractivity contribution in [3.63, 3.8) is 0 Å². The maximum Gasteiger partial charge on any atom is 0.182 e. The number of fused-ring (bicyclic) bond motifs is 1. The van der Waals surface area contributed by atoms with E-state index in [-0.39, 0.29) is 17.9 Å². The van der Waals surface area contributed by atoms with Gasteiger partial charge in [0.1, 0.15) is 0 Å². The molecular formula is C15H19N3O2. The Labute approximate surface area is 117 Å². The van der Waals surface area contributed by atoms with Crippen molar-refractivity contribution >= 4 is 16.7 Å². The van der Waals surface area contributed by atoms with Crippen LogP contribution in [0.15, 0.2) is 24.4 Å². The van der Waals surface area contributed by atoms with Crippen LogP contribution in [0.4, 0.5) is 0 Å². The minimum Gasteiger partial charge on any atom is -0.364 e. The average Bonchev–Trinajstić information content (AvgIpc) is 3.14. The van der Waals surface area contributed by atoms with Crippen LogP contribution in [0.3, 0.4) is 0 Å². The summed E-state index contributed by atoms with van der Waals surface area (Å²) in [6, 6.07) is 5.81. The van der Waals surface area contributed by atoms with Crippen LogP contribution in [0.2, 0.25) is 0 Å². The van der Waals surface area contributed by atoms with Gasteiger partial charge < -0.3 is 15.0 Å². The lowest BCUT2D eigenvalue weighted by molar-refractivity contribution is 0.0942. The number of aromatic amines is 1. The highest BCUT2D eigenvalue weighted by molar-refractivity contribution is 6.03. The maximum absolute atomic E-state index is 12.4. The fourth-order valence-corrected chi connectivity index (χ4v) is 2.57. The number of ether oxygens (including phenoxy) is 1. The lowest BCUT2D eigenvalue weighted by Gasteiger charge is -2.10. The molecular weight excluding hydrogens is 254 g/mol. The van der Waals surface area contributed by atoms with E-state index in [2.05, 4.69) is 22.5 Å². The quantitative estimate of drug-likeness (QED) is 0.740. The van der Waals surface area contributed by atoms with Crippen molar-refractivity contribution in [1.82, 2.24) is 15.6 Å². The van der Waals surface area contributed by atoms with Crippen molar-refractivity contribution in [1.29, 1.82) is 0 Å². The van der Waals surface area contributed by atoms with Crippen LogP contribution >= 0.6 is 0 Å². The van der Waals surface area contributed by atoms with Crippen molar-refractivity contribution in [3.05, 3.63) is 35.5 Å². The van der Waals surface area contributed by atoms with E-state index in [1.165, 1.54) is 5.56 Å². The average molecular weight is 273 g/mol. The number of Topliss-reactive ketones (excluding diaryl/α,β-unsaturated/α-hetero) is 1. The molecule has 1 aromatic heterocycles. The molecule has 0 saturated carbocycles. The van der Waals surface area contributed by atoms with Gasteiger partial charge in [0.05, 0.1) is 19.4 Å². The van der Waals surface area contributed by atoms with E-state index in [9.17, 15) is 4.79 Å². The van der Waals surface area contributed by atoms with Gasteiger partial charge in [-0.1, -0.05) is 0 Å². The number of rotatable bonds is 4. The first-order valence-electron chi connectivity index (χ1n) is 6.84. The highest BCUT2D eigenvalue weighted by atomic mass is 16.5. The minimum atomic E-state index is -0.225. The van der Waals surface area contributed by atoms with Gasteiger partial charge in [-0.3, -0.25) is 10.1 Å². The molecule has 3 N–H and O–H groups in total. The van der Waals surface area contributed by atoms with Gasteiger partial charge >= 0.3 is 0 Å². The van der Waals surface area contributed by atoms with E-state index < -0.39 is 0 Å². The molecule has 0 radical (unpaired) electrons. The van der Waals surface area contributed by atoms with E-state index in [0.717, 1.165) is 16.5 Å². The summed E-state index contributed by atoms with van der Waals surface area (Å²) in [7, 11) is 1.93. The Hall–Kier alpha value is -1.69. The van der Waals surface area contributed by atoms with Gasteiger partial charge in [0.2, 0.25) is 0 Å². The second-order valence-corrected chi connectivity index (χ2v) is 5.15. The van der Waals surface area contributed by atoms with E-state index in [4.69, 9.17) is 4.74 Å². The number of H-pyrrole nitrogens is 1. The highest BCUT2D eigenvalue weighted by Gasteiger charge is 2.24. The number of carbonyl (C=O) groups excluding carboxylic acids is 1. The van der Waals surface area contributed by atoms with E-state index >= 15 is 0 Å². The smallest absolute Gasteiger partial charge is 0.182 e. The van der Waals surface area contributed by atoms with Gasteiger partial charge in [0, 0.05) is 28.7 Å². The predicted octanol–water partition coefficient (Wildman–Crippen LogP) is 1.58. The number of benzene rings is 1. The lowest BCUT2D eigenvalue weighted by Crippen LogP contribution is -2.32. The largest absolute Gasteiger partial charge is 0.364 e. The summed E-state index contributed by atoms with van der Waals surface area (Å²) in [6.07, 6.45) is 2.00. The molecule has 2 aromatic rings. The van der Waals surface area contributed by atoms with Crippen molar-refractivity contribution in [2.24, 2.45) is 0 Å². The Morgan fingerprint density at radius 1 is 1.50 bits per heavy atom. The topological polar surface area (TPSA) is 66.2 Å².